The van der Waals surface area contributed by atoms with Crippen LogP contribution in [0, 0.1) is 5.92 Å². The van der Waals surface area contributed by atoms with Gasteiger partial charge in [0, 0.05) is 24.4 Å². The molecule has 1 aliphatic rings. The maximum Gasteiger partial charge on any atom is 0.0419 e. The molecule has 1 fully saturated rings. The number of hydrogen-bond acceptors (Lipinski definition) is 3. The molecule has 1 unspecified atom stereocenters. The highest BCUT2D eigenvalue weighted by molar-refractivity contribution is 5.14. The second-order valence-corrected chi connectivity index (χ2v) is 5.81. The first-order chi connectivity index (χ1) is 9.31. The summed E-state index contributed by atoms with van der Waals surface area (Å²) in [5, 5.41) is 0. The van der Waals surface area contributed by atoms with Crippen LogP contribution in [0.25, 0.3) is 0 Å². The zero-order valence-corrected chi connectivity index (χ0v) is 12.1. The van der Waals surface area contributed by atoms with E-state index in [0.717, 1.165) is 24.5 Å². The molecule has 1 saturated carbocycles. The molecule has 0 bridgehead atoms. The molecule has 19 heavy (non-hydrogen) atoms. The third-order valence-electron chi connectivity index (χ3n) is 4.38. The van der Waals surface area contributed by atoms with E-state index in [-0.39, 0.29) is 0 Å². The van der Waals surface area contributed by atoms with Gasteiger partial charge >= 0.3 is 0 Å². The molecule has 1 aliphatic carbocycles. The Hall–Kier alpha value is -0.930. The topological polar surface area (TPSA) is 50.9 Å². The molecule has 0 aliphatic heterocycles. The van der Waals surface area contributed by atoms with Gasteiger partial charge in [-0.2, -0.15) is 0 Å². The van der Waals surface area contributed by atoms with Crippen LogP contribution in [-0.2, 0) is 12.8 Å². The molecule has 3 nitrogen and oxygen atoms in total. The van der Waals surface area contributed by atoms with Crippen LogP contribution in [-0.4, -0.2) is 11.0 Å². The Bertz CT molecular complexity index is 355. The molecule has 0 amide bonds. The average molecular weight is 261 g/mol. The minimum Gasteiger partial charge on any atom is -0.271 e. The number of hydrogen-bond donors (Lipinski definition) is 2. The van der Waals surface area contributed by atoms with Gasteiger partial charge < -0.3 is 0 Å². The van der Waals surface area contributed by atoms with Crippen molar-refractivity contribution in [2.24, 2.45) is 11.8 Å². The number of rotatable bonds is 7. The van der Waals surface area contributed by atoms with Crippen LogP contribution in [0.5, 0.6) is 0 Å². The van der Waals surface area contributed by atoms with Gasteiger partial charge in [-0.1, -0.05) is 38.7 Å². The van der Waals surface area contributed by atoms with Gasteiger partial charge in [-0.25, -0.2) is 0 Å². The smallest absolute Gasteiger partial charge is 0.0419 e. The number of aryl methyl sites for hydroxylation is 1. The van der Waals surface area contributed by atoms with Crippen molar-refractivity contribution in [2.75, 3.05) is 0 Å². The van der Waals surface area contributed by atoms with E-state index in [2.05, 4.69) is 29.5 Å². The van der Waals surface area contributed by atoms with E-state index in [9.17, 15) is 0 Å². The fraction of sp³-hybridized carbons (Fsp3) is 0.688. The lowest BCUT2D eigenvalue weighted by atomic mass is 9.96. The van der Waals surface area contributed by atoms with Gasteiger partial charge in [-0.05, 0) is 36.8 Å². The van der Waals surface area contributed by atoms with E-state index in [1.807, 2.05) is 6.20 Å². The molecule has 0 radical (unpaired) electrons. The summed E-state index contributed by atoms with van der Waals surface area (Å²) in [7, 11) is 0. The fourth-order valence-corrected chi connectivity index (χ4v) is 3.02. The van der Waals surface area contributed by atoms with Crippen molar-refractivity contribution in [3.05, 3.63) is 29.6 Å². The Morgan fingerprint density at radius 2 is 2.16 bits per heavy atom. The van der Waals surface area contributed by atoms with Gasteiger partial charge in [-0.15, -0.1) is 0 Å². The third-order valence-corrected chi connectivity index (χ3v) is 4.38. The average Bonchev–Trinajstić information content (AvgIpc) is 2.97. The molecule has 1 aromatic heterocycles. The van der Waals surface area contributed by atoms with E-state index in [0.29, 0.717) is 6.04 Å². The highest BCUT2D eigenvalue weighted by Gasteiger charge is 2.17. The molecule has 0 spiro atoms. The molecule has 3 heteroatoms. The second-order valence-electron chi connectivity index (χ2n) is 5.81. The van der Waals surface area contributed by atoms with E-state index in [1.54, 1.807) is 0 Å². The van der Waals surface area contributed by atoms with Crippen molar-refractivity contribution >= 4 is 0 Å². The Labute approximate surface area is 117 Å². The van der Waals surface area contributed by atoms with Crippen molar-refractivity contribution in [1.29, 1.82) is 0 Å². The van der Waals surface area contributed by atoms with Gasteiger partial charge in [0.25, 0.3) is 0 Å². The fourth-order valence-electron chi connectivity index (χ4n) is 3.02. The van der Waals surface area contributed by atoms with Gasteiger partial charge in [0.15, 0.2) is 0 Å². The number of aromatic nitrogens is 1. The highest BCUT2D eigenvalue weighted by atomic mass is 15.2. The van der Waals surface area contributed by atoms with E-state index in [1.165, 1.54) is 44.1 Å². The summed E-state index contributed by atoms with van der Waals surface area (Å²) in [6, 6.07) is 4.67. The summed E-state index contributed by atoms with van der Waals surface area (Å²) >= 11 is 0. The first-order valence-electron chi connectivity index (χ1n) is 7.71. The summed E-state index contributed by atoms with van der Waals surface area (Å²) in [5.74, 6) is 6.62. The van der Waals surface area contributed by atoms with Crippen molar-refractivity contribution < 1.29 is 0 Å². The molecular weight excluding hydrogens is 234 g/mol. The van der Waals surface area contributed by atoms with Crippen LogP contribution >= 0.6 is 0 Å². The quantitative estimate of drug-likeness (QED) is 0.586. The lowest BCUT2D eigenvalue weighted by molar-refractivity contribution is 0.405. The Morgan fingerprint density at radius 3 is 2.74 bits per heavy atom. The van der Waals surface area contributed by atoms with Crippen LogP contribution in [0.2, 0.25) is 0 Å². The predicted octanol–water partition coefficient (Wildman–Crippen LogP) is 2.99. The molecule has 106 valence electrons. The molecule has 3 N–H and O–H groups in total. The largest absolute Gasteiger partial charge is 0.271 e. The van der Waals surface area contributed by atoms with E-state index in [4.69, 9.17) is 5.84 Å². The lowest BCUT2D eigenvalue weighted by Crippen LogP contribution is -2.37. The SMILES string of the molecule is CCc1ccc(CC(CCC2CCCC2)NN)nc1. The zero-order valence-electron chi connectivity index (χ0n) is 12.1. The van der Waals surface area contributed by atoms with Crippen LogP contribution in [0.1, 0.15) is 56.7 Å². The first-order valence-corrected chi connectivity index (χ1v) is 7.71. The minimum absolute atomic E-state index is 0.362. The molecular formula is C16H27N3. The van der Waals surface area contributed by atoms with Crippen LogP contribution < -0.4 is 11.3 Å². The Kier molecular flexibility index (Phi) is 5.80. The van der Waals surface area contributed by atoms with E-state index >= 15 is 0 Å². The molecule has 1 heterocycles. The van der Waals surface area contributed by atoms with Crippen molar-refractivity contribution in [3.63, 3.8) is 0 Å². The molecule has 0 saturated heterocycles. The third kappa shape index (κ3) is 4.59. The van der Waals surface area contributed by atoms with Gasteiger partial charge in [0.1, 0.15) is 0 Å². The van der Waals surface area contributed by atoms with E-state index < -0.39 is 0 Å². The standard InChI is InChI=1S/C16H27N3/c1-2-13-7-9-15(18-12-13)11-16(19-17)10-8-14-5-3-4-6-14/h7,9,12,14,16,19H,2-6,8,10-11,17H2,1H3. The zero-order chi connectivity index (χ0) is 13.5. The van der Waals surface area contributed by atoms with Crippen LogP contribution in [0.4, 0.5) is 0 Å². The summed E-state index contributed by atoms with van der Waals surface area (Å²) in [6.45, 7) is 2.16. The predicted molar refractivity (Wildman–Crippen MR) is 79.6 cm³/mol. The first kappa shape index (κ1) is 14.5. The number of pyridine rings is 1. The van der Waals surface area contributed by atoms with Crippen LogP contribution in [0.3, 0.4) is 0 Å². The van der Waals surface area contributed by atoms with Crippen molar-refractivity contribution in [2.45, 2.75) is 64.3 Å². The van der Waals surface area contributed by atoms with Gasteiger partial charge in [0.05, 0.1) is 0 Å². The van der Waals surface area contributed by atoms with Gasteiger partial charge in [-0.3, -0.25) is 16.3 Å². The van der Waals surface area contributed by atoms with Crippen molar-refractivity contribution in [1.82, 2.24) is 10.4 Å². The molecule has 1 atom stereocenters. The molecule has 0 aromatic carbocycles. The maximum absolute atomic E-state index is 5.68. The Morgan fingerprint density at radius 1 is 1.37 bits per heavy atom. The number of hydrazine groups is 1. The summed E-state index contributed by atoms with van der Waals surface area (Å²) in [6.07, 6.45) is 12.1. The van der Waals surface area contributed by atoms with Crippen molar-refractivity contribution in [3.8, 4) is 0 Å². The lowest BCUT2D eigenvalue weighted by Gasteiger charge is -2.17. The maximum atomic E-state index is 5.68. The summed E-state index contributed by atoms with van der Waals surface area (Å²) in [4.78, 5) is 4.52. The van der Waals surface area contributed by atoms with Crippen LogP contribution in [0.15, 0.2) is 18.3 Å². The molecule has 2 rings (SSSR count). The van der Waals surface area contributed by atoms with Gasteiger partial charge in [0.2, 0.25) is 0 Å². The second kappa shape index (κ2) is 7.61. The Balaban J connectivity index is 1.79. The molecule has 1 aromatic rings. The normalized spacial score (nSPS) is 17.8. The number of nitrogens with zero attached hydrogens (tertiary/aromatic N) is 1. The summed E-state index contributed by atoms with van der Waals surface area (Å²) < 4.78 is 0. The number of nitrogens with one attached hydrogen (secondary N) is 1. The highest BCUT2D eigenvalue weighted by Crippen LogP contribution is 2.29. The number of nitrogens with two attached hydrogens (primary N) is 1. The summed E-state index contributed by atoms with van der Waals surface area (Å²) in [5.41, 5.74) is 5.41. The minimum atomic E-state index is 0.362. The monoisotopic (exact) mass is 261 g/mol.